The predicted molar refractivity (Wildman–Crippen MR) is 114 cm³/mol. The Kier molecular flexibility index (Phi) is 5.78. The van der Waals surface area contributed by atoms with E-state index in [4.69, 9.17) is 10.1 Å². The lowest BCUT2D eigenvalue weighted by molar-refractivity contribution is 0.0525. The van der Waals surface area contributed by atoms with Gasteiger partial charge in [-0.25, -0.2) is 9.48 Å². The molecule has 3 aromatic rings. The van der Waals surface area contributed by atoms with Gasteiger partial charge in [-0.3, -0.25) is 10.2 Å². The highest BCUT2D eigenvalue weighted by atomic mass is 32.1. The first-order chi connectivity index (χ1) is 15.0. The number of hydrogen-bond donors (Lipinski definition) is 1. The number of thiophene rings is 1. The quantitative estimate of drug-likeness (QED) is 0.490. The van der Waals surface area contributed by atoms with Gasteiger partial charge in [0.05, 0.1) is 17.7 Å². The van der Waals surface area contributed by atoms with E-state index in [9.17, 15) is 14.9 Å². The average molecular weight is 433 g/mol. The number of carbonyl (C=O) groups is 2. The Morgan fingerprint density at radius 1 is 1.26 bits per heavy atom. The Hall–Kier alpha value is -3.57. The molecule has 0 unspecified atom stereocenters. The van der Waals surface area contributed by atoms with Crippen LogP contribution in [0.3, 0.4) is 0 Å². The van der Waals surface area contributed by atoms with Crippen LogP contribution in [0.1, 0.15) is 62.2 Å². The van der Waals surface area contributed by atoms with Gasteiger partial charge >= 0.3 is 5.97 Å². The van der Waals surface area contributed by atoms with Gasteiger partial charge in [-0.05, 0) is 44.2 Å². The van der Waals surface area contributed by atoms with E-state index in [1.807, 2.05) is 6.07 Å². The first kappa shape index (κ1) is 20.7. The van der Waals surface area contributed by atoms with E-state index in [0.717, 1.165) is 36.1 Å². The Morgan fingerprint density at radius 3 is 2.71 bits per heavy atom. The number of ether oxygens (including phenoxy) is 1. The van der Waals surface area contributed by atoms with Crippen LogP contribution in [0.15, 0.2) is 36.4 Å². The van der Waals surface area contributed by atoms with Gasteiger partial charge in [0.15, 0.2) is 5.49 Å². The average Bonchev–Trinajstić information content (AvgIpc) is 3.19. The smallest absolute Gasteiger partial charge is 0.341 e. The third kappa shape index (κ3) is 3.80. The molecule has 1 aromatic carbocycles. The summed E-state index contributed by atoms with van der Waals surface area (Å²) in [7, 11) is 0. The van der Waals surface area contributed by atoms with Crippen molar-refractivity contribution in [2.45, 2.75) is 32.6 Å². The molecule has 1 N–H and O–H groups in total. The van der Waals surface area contributed by atoms with Crippen molar-refractivity contribution < 1.29 is 14.3 Å². The summed E-state index contributed by atoms with van der Waals surface area (Å²) in [5.74, 6) is -0.825. The molecule has 2 heterocycles. The summed E-state index contributed by atoms with van der Waals surface area (Å²) in [6.45, 7) is 1.97. The molecule has 0 fully saturated rings. The van der Waals surface area contributed by atoms with E-state index < -0.39 is 5.97 Å². The number of nitrogens with one attached hydrogen (secondary N) is 1. The minimum absolute atomic E-state index is 0.00969. The summed E-state index contributed by atoms with van der Waals surface area (Å²) in [4.78, 5) is 26.9. The zero-order valence-corrected chi connectivity index (χ0v) is 17.8. The highest BCUT2D eigenvalue weighted by molar-refractivity contribution is 7.15. The number of rotatable bonds is 5. The maximum Gasteiger partial charge on any atom is 0.341 e. The third-order valence-electron chi connectivity index (χ3n) is 5.17. The first-order valence-electron chi connectivity index (χ1n) is 10.1. The monoisotopic (exact) mass is 432 g/mol. The number of benzene rings is 1. The molecular weight excluding hydrogens is 412 g/mol. The summed E-state index contributed by atoms with van der Waals surface area (Å²) >= 11 is 1.38. The summed E-state index contributed by atoms with van der Waals surface area (Å²) in [6, 6.07) is 11.9. The van der Waals surface area contributed by atoms with Crippen molar-refractivity contribution in [2.24, 2.45) is 0 Å². The number of carbonyl (C=O) groups excluding carboxylic acids is 2. The molecule has 8 heteroatoms. The minimum atomic E-state index is -0.469. The molecule has 1 aliphatic rings. The summed E-state index contributed by atoms with van der Waals surface area (Å²) in [6.07, 6.45) is 3.59. The van der Waals surface area contributed by atoms with Crippen LogP contribution >= 0.6 is 11.3 Å². The molecule has 2 aromatic heterocycles. The van der Waals surface area contributed by atoms with Crippen LogP contribution in [0.5, 0.6) is 0 Å². The minimum Gasteiger partial charge on any atom is -0.462 e. The van der Waals surface area contributed by atoms with Crippen molar-refractivity contribution >= 4 is 23.1 Å². The van der Waals surface area contributed by atoms with Gasteiger partial charge in [-0.15, -0.1) is 11.3 Å². The van der Waals surface area contributed by atoms with Gasteiger partial charge in [0.2, 0.25) is 5.78 Å². The molecule has 0 atom stereocenters. The maximum atomic E-state index is 13.0. The molecule has 0 aliphatic heterocycles. The summed E-state index contributed by atoms with van der Waals surface area (Å²) in [5, 5.41) is 22.9. The van der Waals surface area contributed by atoms with E-state index in [-0.39, 0.29) is 29.1 Å². The molecule has 7 nitrogen and oxygen atoms in total. The SMILES string of the molecule is CCOC(=O)c1c(-n2nc(C(=O)c3ccccc3)cc(C#N)c2=N)sc2c1CCCC2. The van der Waals surface area contributed by atoms with Gasteiger partial charge < -0.3 is 4.74 Å². The fraction of sp³-hybridized carbons (Fsp3) is 0.261. The Morgan fingerprint density at radius 2 is 2.00 bits per heavy atom. The number of nitriles is 1. The topological polar surface area (TPSA) is 109 Å². The Labute approximate surface area is 183 Å². The summed E-state index contributed by atoms with van der Waals surface area (Å²) < 4.78 is 6.53. The van der Waals surface area contributed by atoms with E-state index in [1.54, 1.807) is 37.3 Å². The van der Waals surface area contributed by atoms with Crippen LogP contribution in [-0.2, 0) is 17.6 Å². The van der Waals surface area contributed by atoms with Crippen LogP contribution in [-0.4, -0.2) is 28.1 Å². The molecule has 156 valence electrons. The summed E-state index contributed by atoms with van der Waals surface area (Å²) in [5.41, 5.74) is 1.63. The van der Waals surface area contributed by atoms with Gasteiger partial charge in [-0.2, -0.15) is 10.4 Å². The fourth-order valence-electron chi connectivity index (χ4n) is 3.70. The number of esters is 1. The van der Waals surface area contributed by atoms with Crippen molar-refractivity contribution in [1.82, 2.24) is 9.78 Å². The second-order valence-electron chi connectivity index (χ2n) is 7.12. The molecule has 4 rings (SSSR count). The number of nitrogens with zero attached hydrogens (tertiary/aromatic N) is 3. The largest absolute Gasteiger partial charge is 0.462 e. The molecule has 0 radical (unpaired) electrons. The van der Waals surface area contributed by atoms with Gasteiger partial charge in [0, 0.05) is 10.4 Å². The maximum absolute atomic E-state index is 13.0. The molecule has 0 saturated heterocycles. The van der Waals surface area contributed by atoms with Crippen molar-refractivity contribution in [3.8, 4) is 11.1 Å². The second kappa shape index (κ2) is 8.66. The van der Waals surface area contributed by atoms with E-state index in [1.165, 1.54) is 22.1 Å². The predicted octanol–water partition coefficient (Wildman–Crippen LogP) is 3.57. The lowest BCUT2D eigenvalue weighted by Gasteiger charge is -2.13. The van der Waals surface area contributed by atoms with E-state index in [2.05, 4.69) is 5.10 Å². The highest BCUT2D eigenvalue weighted by Crippen LogP contribution is 2.36. The number of hydrogen-bond acceptors (Lipinski definition) is 7. The van der Waals surface area contributed by atoms with Gasteiger partial charge in [0.25, 0.3) is 0 Å². The molecule has 0 bridgehead atoms. The van der Waals surface area contributed by atoms with Crippen molar-refractivity contribution in [3.63, 3.8) is 0 Å². The van der Waals surface area contributed by atoms with Crippen LogP contribution in [0, 0.1) is 16.7 Å². The molecule has 0 amide bonds. The van der Waals surface area contributed by atoms with Gasteiger partial charge in [0.1, 0.15) is 16.8 Å². The Balaban J connectivity index is 1.94. The first-order valence-corrected chi connectivity index (χ1v) is 10.9. The van der Waals surface area contributed by atoms with Crippen LogP contribution in [0.4, 0.5) is 0 Å². The van der Waals surface area contributed by atoms with Crippen molar-refractivity contribution in [2.75, 3.05) is 6.61 Å². The third-order valence-corrected chi connectivity index (χ3v) is 6.44. The second-order valence-corrected chi connectivity index (χ2v) is 8.21. The lowest BCUT2D eigenvalue weighted by Crippen LogP contribution is -2.27. The normalized spacial score (nSPS) is 12.6. The number of aromatic nitrogens is 2. The van der Waals surface area contributed by atoms with Crippen LogP contribution < -0.4 is 5.49 Å². The molecule has 0 spiro atoms. The molecule has 1 aliphatic carbocycles. The Bertz CT molecular complexity index is 1270. The molecule has 31 heavy (non-hydrogen) atoms. The number of aryl methyl sites for hydroxylation is 1. The van der Waals surface area contributed by atoms with E-state index in [0.29, 0.717) is 16.1 Å². The number of ketones is 1. The van der Waals surface area contributed by atoms with Crippen molar-refractivity contribution in [3.05, 3.63) is 74.7 Å². The fourth-order valence-corrected chi connectivity index (χ4v) is 5.04. The standard InChI is InChI=1S/C23H20N4O3S/c1-2-30-23(29)19-16-10-6-7-11-18(16)31-22(19)27-21(25)15(13-24)12-17(26-27)20(28)14-8-4-3-5-9-14/h3-5,8-9,12,25H,2,6-7,10-11H2,1H3. The van der Waals surface area contributed by atoms with Crippen LogP contribution in [0.25, 0.3) is 5.00 Å². The van der Waals surface area contributed by atoms with Crippen molar-refractivity contribution in [1.29, 1.82) is 10.7 Å². The zero-order valence-electron chi connectivity index (χ0n) is 17.0. The zero-order chi connectivity index (χ0) is 22.0. The van der Waals surface area contributed by atoms with E-state index >= 15 is 0 Å². The molecule has 0 saturated carbocycles. The highest BCUT2D eigenvalue weighted by Gasteiger charge is 2.29. The lowest BCUT2D eigenvalue weighted by atomic mass is 9.95. The van der Waals surface area contributed by atoms with Crippen LogP contribution in [0.2, 0.25) is 0 Å². The number of fused-ring (bicyclic) bond motifs is 1. The molecular formula is C23H20N4O3S. The van der Waals surface area contributed by atoms with Gasteiger partial charge in [-0.1, -0.05) is 30.3 Å².